The Bertz CT molecular complexity index is 460. The van der Waals surface area contributed by atoms with Crippen LogP contribution in [0.1, 0.15) is 18.4 Å². The van der Waals surface area contributed by atoms with Crippen molar-refractivity contribution in [3.63, 3.8) is 0 Å². The molecule has 0 aliphatic heterocycles. The number of carboxylic acid groups (broad SMARTS) is 1. The average molecular weight is 289 g/mol. The molecule has 1 aromatic rings. The minimum atomic E-state index is -4.43. The van der Waals surface area contributed by atoms with Crippen LogP contribution < -0.4 is 0 Å². The maximum Gasteiger partial charge on any atom is 0.389 e. The topological polar surface area (TPSA) is 57.6 Å². The number of amides is 1. The molecule has 1 amide bonds. The number of halogens is 3. The van der Waals surface area contributed by atoms with Crippen molar-refractivity contribution in [1.29, 1.82) is 0 Å². The number of alkyl halides is 3. The van der Waals surface area contributed by atoms with E-state index in [1.54, 1.807) is 30.3 Å². The summed E-state index contributed by atoms with van der Waals surface area (Å²) in [7, 11) is 0. The van der Waals surface area contributed by atoms with Crippen molar-refractivity contribution in [2.24, 2.45) is 0 Å². The van der Waals surface area contributed by atoms with E-state index in [1.807, 2.05) is 0 Å². The summed E-state index contributed by atoms with van der Waals surface area (Å²) < 4.78 is 36.2. The Morgan fingerprint density at radius 3 is 2.25 bits per heavy atom. The summed E-state index contributed by atoms with van der Waals surface area (Å²) >= 11 is 0. The van der Waals surface area contributed by atoms with Crippen LogP contribution in [0.25, 0.3) is 0 Å². The molecule has 0 heterocycles. The molecule has 1 aromatic carbocycles. The van der Waals surface area contributed by atoms with Gasteiger partial charge in [0, 0.05) is 13.0 Å². The summed E-state index contributed by atoms with van der Waals surface area (Å²) in [5.74, 6) is -2.09. The zero-order valence-electron chi connectivity index (χ0n) is 10.6. The zero-order valence-corrected chi connectivity index (χ0v) is 10.6. The maximum atomic E-state index is 12.1. The number of nitrogens with zero attached hydrogens (tertiary/aromatic N) is 1. The SMILES string of the molecule is O=C(O)CN(Cc1ccccc1)C(=O)CCC(F)(F)F. The number of hydrogen-bond donors (Lipinski definition) is 1. The molecule has 110 valence electrons. The molecule has 0 spiro atoms. The van der Waals surface area contributed by atoms with Crippen molar-refractivity contribution in [3.05, 3.63) is 35.9 Å². The lowest BCUT2D eigenvalue weighted by Gasteiger charge is -2.21. The minimum absolute atomic E-state index is 0.0240. The minimum Gasteiger partial charge on any atom is -0.480 e. The van der Waals surface area contributed by atoms with E-state index < -0.39 is 37.4 Å². The van der Waals surface area contributed by atoms with Gasteiger partial charge in [-0.05, 0) is 5.56 Å². The number of benzene rings is 1. The smallest absolute Gasteiger partial charge is 0.389 e. The fourth-order valence-corrected chi connectivity index (χ4v) is 1.61. The van der Waals surface area contributed by atoms with Gasteiger partial charge in [0.25, 0.3) is 0 Å². The molecule has 0 unspecified atom stereocenters. The van der Waals surface area contributed by atoms with Gasteiger partial charge in [0.1, 0.15) is 6.54 Å². The van der Waals surface area contributed by atoms with Gasteiger partial charge in [0.05, 0.1) is 6.42 Å². The number of rotatable bonds is 6. The van der Waals surface area contributed by atoms with Crippen LogP contribution in [0.15, 0.2) is 30.3 Å². The molecular formula is C13H14F3NO3. The molecule has 0 aliphatic rings. The Kier molecular flexibility index (Phi) is 5.54. The quantitative estimate of drug-likeness (QED) is 0.875. The highest BCUT2D eigenvalue weighted by Crippen LogP contribution is 2.22. The predicted octanol–water partition coefficient (Wildman–Crippen LogP) is 2.44. The highest BCUT2D eigenvalue weighted by molar-refractivity contribution is 5.81. The van der Waals surface area contributed by atoms with Gasteiger partial charge in [-0.2, -0.15) is 13.2 Å². The number of aliphatic carboxylic acids is 1. The second-order valence-corrected chi connectivity index (χ2v) is 4.24. The van der Waals surface area contributed by atoms with E-state index in [2.05, 4.69) is 0 Å². The van der Waals surface area contributed by atoms with Gasteiger partial charge < -0.3 is 10.0 Å². The molecule has 0 fully saturated rings. The Morgan fingerprint density at radius 1 is 1.15 bits per heavy atom. The molecule has 20 heavy (non-hydrogen) atoms. The van der Waals surface area contributed by atoms with Crippen LogP contribution in [0.4, 0.5) is 13.2 Å². The van der Waals surface area contributed by atoms with Crippen molar-refractivity contribution in [1.82, 2.24) is 4.90 Å². The van der Waals surface area contributed by atoms with Crippen LogP contribution >= 0.6 is 0 Å². The van der Waals surface area contributed by atoms with E-state index in [1.165, 1.54) is 0 Å². The number of carbonyl (C=O) groups is 2. The first-order chi connectivity index (χ1) is 9.28. The van der Waals surface area contributed by atoms with Gasteiger partial charge in [-0.1, -0.05) is 30.3 Å². The molecule has 1 rings (SSSR count). The highest BCUT2D eigenvalue weighted by Gasteiger charge is 2.29. The van der Waals surface area contributed by atoms with Gasteiger partial charge >= 0.3 is 12.1 Å². The predicted molar refractivity (Wildman–Crippen MR) is 64.8 cm³/mol. The molecule has 1 N–H and O–H groups in total. The first-order valence-electron chi connectivity index (χ1n) is 5.88. The van der Waals surface area contributed by atoms with Crippen LogP contribution in [-0.2, 0) is 16.1 Å². The summed E-state index contributed by atoms with van der Waals surface area (Å²) in [6.07, 6.45) is -6.43. The summed E-state index contributed by atoms with van der Waals surface area (Å²) in [6.45, 7) is -0.643. The zero-order chi connectivity index (χ0) is 15.2. The molecule has 0 aliphatic carbocycles. The summed E-state index contributed by atoms with van der Waals surface area (Å²) in [5.41, 5.74) is 0.661. The molecule has 0 atom stereocenters. The lowest BCUT2D eigenvalue weighted by atomic mass is 10.2. The lowest BCUT2D eigenvalue weighted by Crippen LogP contribution is -2.35. The summed E-state index contributed by atoms with van der Waals surface area (Å²) in [5, 5.41) is 8.72. The van der Waals surface area contributed by atoms with Crippen LogP contribution in [0.2, 0.25) is 0 Å². The fraction of sp³-hybridized carbons (Fsp3) is 0.385. The molecule has 0 aromatic heterocycles. The van der Waals surface area contributed by atoms with Crippen LogP contribution in [0, 0.1) is 0 Å². The van der Waals surface area contributed by atoms with Gasteiger partial charge in [-0.15, -0.1) is 0 Å². The third kappa shape index (κ3) is 6.21. The summed E-state index contributed by atoms with van der Waals surface area (Å²) in [6, 6.07) is 8.50. The van der Waals surface area contributed by atoms with Crippen molar-refractivity contribution in [2.75, 3.05) is 6.54 Å². The Hall–Kier alpha value is -2.05. The van der Waals surface area contributed by atoms with Crippen molar-refractivity contribution in [2.45, 2.75) is 25.6 Å². The Labute approximate surface area is 113 Å². The molecule has 0 radical (unpaired) electrons. The van der Waals surface area contributed by atoms with Gasteiger partial charge in [-0.25, -0.2) is 0 Å². The van der Waals surface area contributed by atoms with Crippen LogP contribution in [0.5, 0.6) is 0 Å². The lowest BCUT2D eigenvalue weighted by molar-refractivity contribution is -0.152. The molecule has 7 heteroatoms. The van der Waals surface area contributed by atoms with Gasteiger partial charge in [-0.3, -0.25) is 9.59 Å². The van der Waals surface area contributed by atoms with Gasteiger partial charge in [0.2, 0.25) is 5.91 Å². The number of carbonyl (C=O) groups excluding carboxylic acids is 1. The van der Waals surface area contributed by atoms with E-state index >= 15 is 0 Å². The fourth-order valence-electron chi connectivity index (χ4n) is 1.61. The molecule has 0 saturated carbocycles. The molecule has 0 saturated heterocycles. The monoisotopic (exact) mass is 289 g/mol. The summed E-state index contributed by atoms with van der Waals surface area (Å²) in [4.78, 5) is 23.3. The number of carboxylic acids is 1. The van der Waals surface area contributed by atoms with Crippen LogP contribution in [0.3, 0.4) is 0 Å². The van der Waals surface area contributed by atoms with E-state index in [9.17, 15) is 22.8 Å². The highest BCUT2D eigenvalue weighted by atomic mass is 19.4. The van der Waals surface area contributed by atoms with E-state index in [0.717, 1.165) is 4.90 Å². The molecule has 4 nitrogen and oxygen atoms in total. The van der Waals surface area contributed by atoms with E-state index in [4.69, 9.17) is 5.11 Å². The maximum absolute atomic E-state index is 12.1. The third-order valence-electron chi connectivity index (χ3n) is 2.52. The first kappa shape index (κ1) is 16.0. The first-order valence-corrected chi connectivity index (χ1v) is 5.88. The second kappa shape index (κ2) is 6.93. The van der Waals surface area contributed by atoms with E-state index in [0.29, 0.717) is 5.56 Å². The van der Waals surface area contributed by atoms with Crippen molar-refractivity contribution in [3.8, 4) is 0 Å². The molecular weight excluding hydrogens is 275 g/mol. The Morgan fingerprint density at radius 2 is 1.75 bits per heavy atom. The number of hydrogen-bond acceptors (Lipinski definition) is 2. The van der Waals surface area contributed by atoms with Crippen LogP contribution in [-0.4, -0.2) is 34.6 Å². The van der Waals surface area contributed by atoms with E-state index in [-0.39, 0.29) is 6.54 Å². The molecule has 0 bridgehead atoms. The normalized spacial score (nSPS) is 11.2. The van der Waals surface area contributed by atoms with Crippen molar-refractivity contribution >= 4 is 11.9 Å². The van der Waals surface area contributed by atoms with Gasteiger partial charge in [0.15, 0.2) is 0 Å². The second-order valence-electron chi connectivity index (χ2n) is 4.24. The third-order valence-corrected chi connectivity index (χ3v) is 2.52. The Balaban J connectivity index is 2.68. The largest absolute Gasteiger partial charge is 0.480 e. The van der Waals surface area contributed by atoms with Crippen molar-refractivity contribution < 1.29 is 27.9 Å². The standard InChI is InChI=1S/C13H14F3NO3/c14-13(15,16)7-6-11(18)17(9-12(19)20)8-10-4-2-1-3-5-10/h1-5H,6-9H2,(H,19,20). The average Bonchev–Trinajstić information content (AvgIpc) is 2.35.